The van der Waals surface area contributed by atoms with Crippen LogP contribution in [0.2, 0.25) is 0 Å². The highest BCUT2D eigenvalue weighted by Crippen LogP contribution is 2.26. The van der Waals surface area contributed by atoms with Crippen LogP contribution in [0.15, 0.2) is 24.7 Å². The molecule has 0 aliphatic carbocycles. The number of aromatic nitrogens is 3. The molecule has 0 amide bonds. The molecule has 19 heavy (non-hydrogen) atoms. The second-order valence-electron chi connectivity index (χ2n) is 3.95. The van der Waals surface area contributed by atoms with E-state index in [9.17, 15) is 13.2 Å². The second-order valence-corrected chi connectivity index (χ2v) is 3.95. The maximum atomic E-state index is 12.3. The van der Waals surface area contributed by atoms with Gasteiger partial charge in [0, 0.05) is 24.2 Å². The van der Waals surface area contributed by atoms with Crippen molar-refractivity contribution in [3.63, 3.8) is 0 Å². The number of alkyl halides is 3. The Morgan fingerprint density at radius 3 is 2.26 bits per heavy atom. The molecule has 0 fully saturated rings. The molecule has 0 aliphatic heterocycles. The smallest absolute Gasteiger partial charge is 0.392 e. The summed E-state index contributed by atoms with van der Waals surface area (Å²) in [6.07, 6.45) is -0.892. The summed E-state index contributed by atoms with van der Waals surface area (Å²) in [5.74, 6) is -1.19. The monoisotopic (exact) mass is 269 g/mol. The van der Waals surface area contributed by atoms with Crippen molar-refractivity contribution in [1.82, 2.24) is 15.0 Å². The molecule has 0 bridgehead atoms. The van der Waals surface area contributed by atoms with Crippen LogP contribution in [0.3, 0.4) is 0 Å². The van der Waals surface area contributed by atoms with Crippen LogP contribution in [0, 0.1) is 6.92 Å². The highest BCUT2D eigenvalue weighted by atomic mass is 19.4. The lowest BCUT2D eigenvalue weighted by atomic mass is 10.1. The maximum absolute atomic E-state index is 12.3. The van der Waals surface area contributed by atoms with Crippen molar-refractivity contribution in [2.24, 2.45) is 0 Å². The Hall–Kier alpha value is -2.02. The van der Waals surface area contributed by atoms with E-state index < -0.39 is 12.0 Å². The molecule has 100 valence electrons. The van der Waals surface area contributed by atoms with E-state index in [0.717, 1.165) is 18.0 Å². The fraction of sp³-hybridized carbons (Fsp3) is 0.250. The van der Waals surface area contributed by atoms with Gasteiger partial charge in [0.05, 0.1) is 12.3 Å². The molecule has 0 radical (unpaired) electrons. The molecule has 2 rings (SSSR count). The van der Waals surface area contributed by atoms with Gasteiger partial charge in [-0.2, -0.15) is 13.2 Å². The molecule has 0 unspecified atom stereocenters. The molecule has 2 heterocycles. The Bertz CT molecular complexity index is 582. The predicted molar refractivity (Wildman–Crippen MR) is 60.9 cm³/mol. The number of hydrogen-bond donors (Lipinski definition) is 1. The summed E-state index contributed by atoms with van der Waals surface area (Å²) < 4.78 is 37.0. The maximum Gasteiger partial charge on any atom is 0.451 e. The standard InChI is InChI=1S/C12H10F3N3O/c1-7-3-16-10(2-8(7)6-19)9-4-17-11(18-5-9)12(13,14)15/h2-5,19H,6H2,1H3. The SMILES string of the molecule is Cc1cnc(-c2cnc(C(F)(F)F)nc2)cc1CO. The van der Waals surface area contributed by atoms with Crippen LogP contribution >= 0.6 is 0 Å². The first kappa shape index (κ1) is 13.4. The topological polar surface area (TPSA) is 58.9 Å². The van der Waals surface area contributed by atoms with E-state index in [-0.39, 0.29) is 6.61 Å². The number of aryl methyl sites for hydroxylation is 1. The molecule has 0 saturated heterocycles. The Morgan fingerprint density at radius 1 is 1.11 bits per heavy atom. The molecule has 1 N–H and O–H groups in total. The first-order chi connectivity index (χ1) is 8.91. The summed E-state index contributed by atoms with van der Waals surface area (Å²) in [5, 5.41) is 9.13. The van der Waals surface area contributed by atoms with Crippen molar-refractivity contribution >= 4 is 0 Å². The van der Waals surface area contributed by atoms with Gasteiger partial charge in [0.1, 0.15) is 0 Å². The minimum atomic E-state index is -4.56. The van der Waals surface area contributed by atoms with Gasteiger partial charge in [-0.1, -0.05) is 0 Å². The number of nitrogens with zero attached hydrogens (tertiary/aromatic N) is 3. The van der Waals surface area contributed by atoms with E-state index in [1.807, 2.05) is 0 Å². The Kier molecular flexibility index (Phi) is 3.48. The third kappa shape index (κ3) is 2.87. The molecule has 0 saturated carbocycles. The lowest BCUT2D eigenvalue weighted by Crippen LogP contribution is -2.10. The first-order valence-corrected chi connectivity index (χ1v) is 5.38. The van der Waals surface area contributed by atoms with Gasteiger partial charge in [-0.3, -0.25) is 4.98 Å². The fourth-order valence-electron chi connectivity index (χ4n) is 1.50. The van der Waals surface area contributed by atoms with E-state index in [0.29, 0.717) is 16.8 Å². The van der Waals surface area contributed by atoms with E-state index in [1.54, 1.807) is 19.2 Å². The average molecular weight is 269 g/mol. The van der Waals surface area contributed by atoms with Gasteiger partial charge in [0.15, 0.2) is 0 Å². The Balaban J connectivity index is 2.37. The lowest BCUT2D eigenvalue weighted by molar-refractivity contribution is -0.144. The van der Waals surface area contributed by atoms with Gasteiger partial charge >= 0.3 is 6.18 Å². The molecule has 0 atom stereocenters. The minimum Gasteiger partial charge on any atom is -0.392 e. The van der Waals surface area contributed by atoms with Crippen molar-refractivity contribution in [3.8, 4) is 11.3 Å². The number of pyridine rings is 1. The zero-order valence-electron chi connectivity index (χ0n) is 9.94. The van der Waals surface area contributed by atoms with E-state index in [4.69, 9.17) is 5.11 Å². The van der Waals surface area contributed by atoms with Gasteiger partial charge < -0.3 is 5.11 Å². The molecule has 2 aromatic heterocycles. The number of halogens is 3. The molecule has 2 aromatic rings. The summed E-state index contributed by atoms with van der Waals surface area (Å²) in [5.41, 5.74) is 2.25. The molecule has 7 heteroatoms. The van der Waals surface area contributed by atoms with Crippen LogP contribution in [0.1, 0.15) is 17.0 Å². The van der Waals surface area contributed by atoms with Crippen molar-refractivity contribution < 1.29 is 18.3 Å². The second kappa shape index (κ2) is 4.93. The van der Waals surface area contributed by atoms with Crippen LogP contribution in [0.4, 0.5) is 13.2 Å². The molecule has 0 aliphatic rings. The zero-order chi connectivity index (χ0) is 14.0. The third-order valence-electron chi connectivity index (χ3n) is 2.59. The highest BCUT2D eigenvalue weighted by Gasteiger charge is 2.34. The average Bonchev–Trinajstić information content (AvgIpc) is 2.38. The van der Waals surface area contributed by atoms with Gasteiger partial charge in [-0.15, -0.1) is 0 Å². The highest BCUT2D eigenvalue weighted by molar-refractivity contribution is 5.58. The van der Waals surface area contributed by atoms with Crippen LogP contribution in [-0.2, 0) is 12.8 Å². The van der Waals surface area contributed by atoms with E-state index in [1.165, 1.54) is 0 Å². The van der Waals surface area contributed by atoms with Crippen molar-refractivity contribution in [3.05, 3.63) is 41.6 Å². The summed E-state index contributed by atoms with van der Waals surface area (Å²) >= 11 is 0. The molecule has 0 spiro atoms. The fourth-order valence-corrected chi connectivity index (χ4v) is 1.50. The zero-order valence-corrected chi connectivity index (χ0v) is 9.94. The van der Waals surface area contributed by atoms with E-state index >= 15 is 0 Å². The Labute approximate surface area is 107 Å². The van der Waals surface area contributed by atoms with Crippen molar-refractivity contribution in [2.45, 2.75) is 19.7 Å². The van der Waals surface area contributed by atoms with Gasteiger partial charge in [0.25, 0.3) is 0 Å². The summed E-state index contributed by atoms with van der Waals surface area (Å²) in [6.45, 7) is 1.62. The summed E-state index contributed by atoms with van der Waals surface area (Å²) in [7, 11) is 0. The number of hydrogen-bond acceptors (Lipinski definition) is 4. The van der Waals surface area contributed by atoms with Gasteiger partial charge in [-0.05, 0) is 24.1 Å². The van der Waals surface area contributed by atoms with Gasteiger partial charge in [0.2, 0.25) is 5.82 Å². The minimum absolute atomic E-state index is 0.164. The normalized spacial score (nSPS) is 11.6. The molecular weight excluding hydrogens is 259 g/mol. The number of rotatable bonds is 2. The summed E-state index contributed by atoms with van der Waals surface area (Å²) in [4.78, 5) is 10.6. The van der Waals surface area contributed by atoms with Crippen LogP contribution in [-0.4, -0.2) is 20.1 Å². The Morgan fingerprint density at radius 2 is 1.74 bits per heavy atom. The van der Waals surface area contributed by atoms with Crippen molar-refractivity contribution in [1.29, 1.82) is 0 Å². The number of aliphatic hydroxyl groups is 1. The largest absolute Gasteiger partial charge is 0.451 e. The van der Waals surface area contributed by atoms with Crippen LogP contribution in [0.5, 0.6) is 0 Å². The van der Waals surface area contributed by atoms with Crippen LogP contribution in [0.25, 0.3) is 11.3 Å². The summed E-state index contributed by atoms with van der Waals surface area (Å²) in [6, 6.07) is 1.60. The number of aliphatic hydroxyl groups excluding tert-OH is 1. The van der Waals surface area contributed by atoms with Crippen molar-refractivity contribution in [2.75, 3.05) is 0 Å². The predicted octanol–water partition coefficient (Wildman–Crippen LogP) is 2.36. The third-order valence-corrected chi connectivity index (χ3v) is 2.59. The van der Waals surface area contributed by atoms with E-state index in [2.05, 4.69) is 15.0 Å². The lowest BCUT2D eigenvalue weighted by Gasteiger charge is -2.07. The van der Waals surface area contributed by atoms with Gasteiger partial charge in [-0.25, -0.2) is 9.97 Å². The quantitative estimate of drug-likeness (QED) is 0.909. The first-order valence-electron chi connectivity index (χ1n) is 5.38. The van der Waals surface area contributed by atoms with Crippen LogP contribution < -0.4 is 0 Å². The molecule has 4 nitrogen and oxygen atoms in total. The molecular formula is C12H10F3N3O. The molecule has 0 aromatic carbocycles.